The molecule has 0 N–H and O–H groups in total. The van der Waals surface area contributed by atoms with Gasteiger partial charge in [0.25, 0.3) is 10.1 Å². The van der Waals surface area contributed by atoms with E-state index in [0.717, 1.165) is 5.56 Å². The van der Waals surface area contributed by atoms with E-state index < -0.39 is 10.1 Å². The highest BCUT2D eigenvalue weighted by Gasteiger charge is 2.12. The SMILES string of the molecule is CCOS(=O)(=O)c1ccc(C)cc1.c1cocn1. The second-order valence-corrected chi connectivity index (χ2v) is 4.96. The molecule has 0 saturated carbocycles. The van der Waals surface area contributed by atoms with Crippen LogP contribution in [0.1, 0.15) is 12.5 Å². The maximum atomic E-state index is 11.3. The van der Waals surface area contributed by atoms with E-state index in [0.29, 0.717) is 0 Å². The van der Waals surface area contributed by atoms with Crippen LogP contribution in [0.5, 0.6) is 0 Å². The first-order valence-electron chi connectivity index (χ1n) is 5.34. The number of rotatable bonds is 3. The van der Waals surface area contributed by atoms with Crippen LogP contribution >= 0.6 is 0 Å². The van der Waals surface area contributed by atoms with E-state index in [1.165, 1.54) is 12.7 Å². The summed E-state index contributed by atoms with van der Waals surface area (Å²) in [5.74, 6) is 0. The van der Waals surface area contributed by atoms with Crippen molar-refractivity contribution in [1.29, 1.82) is 0 Å². The predicted octanol–water partition coefficient (Wildman–Crippen LogP) is 2.39. The molecule has 98 valence electrons. The Balaban J connectivity index is 0.000000269. The molecule has 2 rings (SSSR count). The number of aromatic nitrogens is 1. The number of oxazole rings is 1. The molecule has 1 aromatic carbocycles. The number of benzene rings is 1. The normalized spacial score (nSPS) is 10.6. The smallest absolute Gasteiger partial charge is 0.296 e. The fraction of sp³-hybridized carbons (Fsp3) is 0.250. The molecule has 6 heteroatoms. The Kier molecular flexibility index (Phi) is 5.54. The Morgan fingerprint density at radius 2 is 1.94 bits per heavy atom. The minimum atomic E-state index is -3.53. The topological polar surface area (TPSA) is 69.4 Å². The first-order valence-corrected chi connectivity index (χ1v) is 6.75. The van der Waals surface area contributed by atoms with Crippen molar-refractivity contribution in [3.63, 3.8) is 0 Å². The molecule has 0 radical (unpaired) electrons. The lowest BCUT2D eigenvalue weighted by molar-refractivity contribution is 0.338. The zero-order chi connectivity index (χ0) is 13.4. The Labute approximate surface area is 107 Å². The molecule has 1 aromatic heterocycles. The average Bonchev–Trinajstić information content (AvgIpc) is 2.88. The van der Waals surface area contributed by atoms with E-state index in [1.807, 2.05) is 6.92 Å². The fourth-order valence-corrected chi connectivity index (χ4v) is 2.02. The maximum Gasteiger partial charge on any atom is 0.296 e. The third-order valence-corrected chi connectivity index (χ3v) is 3.33. The van der Waals surface area contributed by atoms with Crippen molar-refractivity contribution >= 4 is 10.1 Å². The molecule has 0 spiro atoms. The van der Waals surface area contributed by atoms with E-state index in [2.05, 4.69) is 13.6 Å². The third-order valence-electron chi connectivity index (χ3n) is 1.93. The largest absolute Gasteiger partial charge is 0.452 e. The standard InChI is InChI=1S/C9H12O3S.C3H3NO/c1-3-12-13(10,11)9-6-4-8(2)5-7-9;1-2-5-3-4-1/h4-7H,3H2,1-2H3;1-3H. The van der Waals surface area contributed by atoms with Crippen molar-refractivity contribution in [3.8, 4) is 0 Å². The van der Waals surface area contributed by atoms with Gasteiger partial charge in [-0.1, -0.05) is 17.7 Å². The molecule has 0 amide bonds. The van der Waals surface area contributed by atoms with Crippen molar-refractivity contribution in [3.05, 3.63) is 48.7 Å². The highest BCUT2D eigenvalue weighted by molar-refractivity contribution is 7.86. The second kappa shape index (κ2) is 6.93. The van der Waals surface area contributed by atoms with E-state index in [1.54, 1.807) is 37.4 Å². The van der Waals surface area contributed by atoms with Crippen LogP contribution in [0.2, 0.25) is 0 Å². The van der Waals surface area contributed by atoms with Crippen LogP contribution < -0.4 is 0 Å². The molecule has 0 aliphatic carbocycles. The summed E-state index contributed by atoms with van der Waals surface area (Å²) in [6.07, 6.45) is 4.47. The van der Waals surface area contributed by atoms with Gasteiger partial charge in [0, 0.05) is 0 Å². The Morgan fingerprint density at radius 1 is 1.28 bits per heavy atom. The first-order chi connectivity index (χ1) is 8.56. The van der Waals surface area contributed by atoms with Crippen molar-refractivity contribution < 1.29 is 17.0 Å². The van der Waals surface area contributed by atoms with E-state index in [-0.39, 0.29) is 11.5 Å². The summed E-state index contributed by atoms with van der Waals surface area (Å²) in [5, 5.41) is 0. The molecule has 0 aliphatic heterocycles. The fourth-order valence-electron chi connectivity index (χ4n) is 1.10. The summed E-state index contributed by atoms with van der Waals surface area (Å²) in [6.45, 7) is 3.71. The highest BCUT2D eigenvalue weighted by Crippen LogP contribution is 2.12. The molecule has 2 aromatic rings. The monoisotopic (exact) mass is 269 g/mol. The number of nitrogens with zero attached hydrogens (tertiary/aromatic N) is 1. The van der Waals surface area contributed by atoms with Crippen molar-refractivity contribution in [1.82, 2.24) is 4.98 Å². The predicted molar refractivity (Wildman–Crippen MR) is 66.5 cm³/mol. The Morgan fingerprint density at radius 3 is 2.33 bits per heavy atom. The summed E-state index contributed by atoms with van der Waals surface area (Å²) < 4.78 is 31.7. The molecule has 18 heavy (non-hydrogen) atoms. The van der Waals surface area contributed by atoms with Crippen LogP contribution in [0.15, 0.2) is 52.4 Å². The molecule has 1 heterocycles. The molecule has 0 fully saturated rings. The average molecular weight is 269 g/mol. The van der Waals surface area contributed by atoms with Crippen molar-refractivity contribution in [2.24, 2.45) is 0 Å². The minimum absolute atomic E-state index is 0.163. The van der Waals surface area contributed by atoms with E-state index in [9.17, 15) is 8.42 Å². The molecular weight excluding hydrogens is 254 g/mol. The van der Waals surface area contributed by atoms with Gasteiger partial charge in [0.15, 0.2) is 6.39 Å². The van der Waals surface area contributed by atoms with Crippen LogP contribution in [0.4, 0.5) is 0 Å². The molecule has 5 nitrogen and oxygen atoms in total. The van der Waals surface area contributed by atoms with Crippen LogP contribution in [0, 0.1) is 6.92 Å². The molecule has 0 aliphatic rings. The summed E-state index contributed by atoms with van der Waals surface area (Å²) in [5.41, 5.74) is 1.02. The van der Waals surface area contributed by atoms with Gasteiger partial charge < -0.3 is 4.42 Å². The van der Waals surface area contributed by atoms with Gasteiger partial charge in [-0.2, -0.15) is 8.42 Å². The van der Waals surface area contributed by atoms with Crippen LogP contribution in [0.25, 0.3) is 0 Å². The number of aryl methyl sites for hydroxylation is 1. The molecular formula is C12H15NO4S. The van der Waals surface area contributed by atoms with Gasteiger partial charge in [-0.05, 0) is 26.0 Å². The van der Waals surface area contributed by atoms with Crippen LogP contribution in [-0.2, 0) is 14.3 Å². The molecule has 0 atom stereocenters. The highest BCUT2D eigenvalue weighted by atomic mass is 32.2. The van der Waals surface area contributed by atoms with Crippen LogP contribution in [-0.4, -0.2) is 20.0 Å². The van der Waals surface area contributed by atoms with Gasteiger partial charge in [-0.25, -0.2) is 4.98 Å². The summed E-state index contributed by atoms with van der Waals surface area (Å²) in [4.78, 5) is 3.76. The molecule has 0 saturated heterocycles. The second-order valence-electron chi connectivity index (χ2n) is 3.35. The first kappa shape index (κ1) is 14.4. The summed E-state index contributed by atoms with van der Waals surface area (Å²) >= 11 is 0. The number of hydrogen-bond acceptors (Lipinski definition) is 5. The van der Waals surface area contributed by atoms with Gasteiger partial charge in [0.1, 0.15) is 6.26 Å². The lowest BCUT2D eigenvalue weighted by atomic mass is 10.2. The minimum Gasteiger partial charge on any atom is -0.452 e. The zero-order valence-electron chi connectivity index (χ0n) is 10.2. The van der Waals surface area contributed by atoms with Crippen molar-refractivity contribution in [2.45, 2.75) is 18.7 Å². The van der Waals surface area contributed by atoms with Crippen molar-refractivity contribution in [2.75, 3.05) is 6.61 Å². The van der Waals surface area contributed by atoms with Gasteiger partial charge >= 0.3 is 0 Å². The Bertz CT molecular complexity index is 515. The quantitative estimate of drug-likeness (QED) is 0.800. The van der Waals surface area contributed by atoms with Gasteiger partial charge in [-0.3, -0.25) is 4.18 Å². The third kappa shape index (κ3) is 4.68. The van der Waals surface area contributed by atoms with Gasteiger partial charge in [0.2, 0.25) is 0 Å². The lowest BCUT2D eigenvalue weighted by Gasteiger charge is -2.02. The Hall–Kier alpha value is -1.66. The lowest BCUT2D eigenvalue weighted by Crippen LogP contribution is -2.05. The van der Waals surface area contributed by atoms with E-state index >= 15 is 0 Å². The summed E-state index contributed by atoms with van der Waals surface area (Å²) in [6, 6.07) is 6.57. The maximum absolute atomic E-state index is 11.3. The van der Waals surface area contributed by atoms with Gasteiger partial charge in [0.05, 0.1) is 17.7 Å². The zero-order valence-corrected chi connectivity index (χ0v) is 11.1. The molecule has 0 bridgehead atoms. The number of hydrogen-bond donors (Lipinski definition) is 0. The van der Waals surface area contributed by atoms with Crippen LogP contribution in [0.3, 0.4) is 0 Å². The summed E-state index contributed by atoms with van der Waals surface area (Å²) in [7, 11) is -3.53. The van der Waals surface area contributed by atoms with E-state index in [4.69, 9.17) is 0 Å². The van der Waals surface area contributed by atoms with Gasteiger partial charge in [-0.15, -0.1) is 0 Å². The molecule has 0 unspecified atom stereocenters.